The Morgan fingerprint density at radius 1 is 1.36 bits per heavy atom. The summed E-state index contributed by atoms with van der Waals surface area (Å²) in [5.41, 5.74) is 1.29. The number of aliphatic hydroxyl groups is 1. The predicted molar refractivity (Wildman–Crippen MR) is 88.9 cm³/mol. The quantitative estimate of drug-likeness (QED) is 0.663. The van der Waals surface area contributed by atoms with Gasteiger partial charge in [0.15, 0.2) is 5.82 Å². The average molecular weight is 344 g/mol. The molecule has 0 saturated carbocycles. The molecule has 1 atom stereocenters. The van der Waals surface area contributed by atoms with Gasteiger partial charge in [0.25, 0.3) is 0 Å². The van der Waals surface area contributed by atoms with Gasteiger partial charge in [-0.2, -0.15) is 0 Å². The fourth-order valence-electron chi connectivity index (χ4n) is 2.34. The highest BCUT2D eigenvalue weighted by Crippen LogP contribution is 2.16. The molecule has 3 rings (SSSR count). The molecule has 3 N–H and O–H groups in total. The number of furan rings is 1. The molecule has 8 heteroatoms. The fourth-order valence-corrected chi connectivity index (χ4v) is 2.34. The van der Waals surface area contributed by atoms with E-state index in [4.69, 9.17) is 4.42 Å². The Morgan fingerprint density at radius 3 is 2.92 bits per heavy atom. The molecule has 0 bridgehead atoms. The van der Waals surface area contributed by atoms with Crippen LogP contribution in [0.1, 0.15) is 17.6 Å². The van der Waals surface area contributed by atoms with Gasteiger partial charge in [0, 0.05) is 11.8 Å². The lowest BCUT2D eigenvalue weighted by Gasteiger charge is -2.09. The van der Waals surface area contributed by atoms with E-state index in [2.05, 4.69) is 15.7 Å². The van der Waals surface area contributed by atoms with Gasteiger partial charge in [0.05, 0.1) is 18.5 Å². The minimum absolute atomic E-state index is 0.0110. The Bertz CT molecular complexity index is 861. The second-order valence-electron chi connectivity index (χ2n) is 5.43. The first-order valence-corrected chi connectivity index (χ1v) is 7.62. The van der Waals surface area contributed by atoms with E-state index in [-0.39, 0.29) is 12.4 Å². The molecule has 2 heterocycles. The van der Waals surface area contributed by atoms with E-state index in [1.807, 2.05) is 0 Å². The van der Waals surface area contributed by atoms with E-state index in [0.29, 0.717) is 17.3 Å². The molecule has 0 spiro atoms. The number of benzene rings is 1. The van der Waals surface area contributed by atoms with Crippen LogP contribution in [0.15, 0.2) is 53.1 Å². The second-order valence-corrected chi connectivity index (χ2v) is 5.43. The van der Waals surface area contributed by atoms with Crippen molar-refractivity contribution in [1.29, 1.82) is 0 Å². The van der Waals surface area contributed by atoms with Crippen LogP contribution in [0.5, 0.6) is 0 Å². The molecule has 0 saturated heterocycles. The topological polar surface area (TPSA) is 92.3 Å². The molecule has 0 radical (unpaired) electrons. The highest BCUT2D eigenvalue weighted by atomic mass is 19.1. The van der Waals surface area contributed by atoms with Crippen LogP contribution in [0.2, 0.25) is 0 Å². The van der Waals surface area contributed by atoms with Crippen LogP contribution in [0, 0.1) is 12.7 Å². The summed E-state index contributed by atoms with van der Waals surface area (Å²) in [6.07, 6.45) is 0.507. The number of urea groups is 1. The van der Waals surface area contributed by atoms with Gasteiger partial charge in [-0.15, -0.1) is 5.10 Å². The number of hydrogen-bond acceptors (Lipinski definition) is 4. The number of aryl methyl sites for hydroxylation is 1. The third-order valence-electron chi connectivity index (χ3n) is 3.51. The molecule has 0 aliphatic rings. The Hall–Kier alpha value is -3.13. The zero-order valence-corrected chi connectivity index (χ0v) is 13.4. The van der Waals surface area contributed by atoms with Crippen molar-refractivity contribution in [2.45, 2.75) is 13.0 Å². The highest BCUT2D eigenvalue weighted by molar-refractivity contribution is 5.88. The van der Waals surface area contributed by atoms with Crippen molar-refractivity contribution < 1.29 is 18.7 Å². The zero-order chi connectivity index (χ0) is 17.8. The van der Waals surface area contributed by atoms with Gasteiger partial charge in [0.2, 0.25) is 0 Å². The van der Waals surface area contributed by atoms with E-state index < -0.39 is 12.1 Å². The molecule has 0 aliphatic carbocycles. The first-order chi connectivity index (χ1) is 12.0. The summed E-state index contributed by atoms with van der Waals surface area (Å²) < 4.78 is 19.9. The summed E-state index contributed by atoms with van der Waals surface area (Å²) in [5.74, 6) is 0.310. The lowest BCUT2D eigenvalue weighted by atomic mass is 10.3. The second kappa shape index (κ2) is 7.18. The summed E-state index contributed by atoms with van der Waals surface area (Å²) >= 11 is 0. The van der Waals surface area contributed by atoms with Gasteiger partial charge in [-0.1, -0.05) is 6.07 Å². The molecule has 2 amide bonds. The highest BCUT2D eigenvalue weighted by Gasteiger charge is 2.13. The van der Waals surface area contributed by atoms with Crippen LogP contribution in [-0.2, 0) is 0 Å². The third kappa shape index (κ3) is 4.04. The Morgan fingerprint density at radius 2 is 2.20 bits per heavy atom. The maximum absolute atomic E-state index is 13.3. The molecular weight excluding hydrogens is 327 g/mol. The van der Waals surface area contributed by atoms with Crippen LogP contribution in [-0.4, -0.2) is 27.5 Å². The standard InChI is InChI=1S/C17H17FN4O3/c1-11-8-16(21-22(11)13-5-2-4-12(18)9-13)20-17(24)19-10-14(23)15-6-3-7-25-15/h2-9,14,23H,10H2,1H3,(H2,19,20,21,24). The maximum Gasteiger partial charge on any atom is 0.320 e. The van der Waals surface area contributed by atoms with Crippen molar-refractivity contribution in [1.82, 2.24) is 15.1 Å². The molecule has 3 aromatic rings. The minimum Gasteiger partial charge on any atom is -0.467 e. The molecule has 1 unspecified atom stereocenters. The number of halogens is 1. The van der Waals surface area contributed by atoms with E-state index in [9.17, 15) is 14.3 Å². The van der Waals surface area contributed by atoms with Crippen LogP contribution >= 0.6 is 0 Å². The normalized spacial score (nSPS) is 12.0. The predicted octanol–water partition coefficient (Wildman–Crippen LogP) is 2.77. The first kappa shape index (κ1) is 16.7. The van der Waals surface area contributed by atoms with Crippen molar-refractivity contribution in [3.63, 3.8) is 0 Å². The Balaban J connectivity index is 1.61. The molecule has 2 aromatic heterocycles. The lowest BCUT2D eigenvalue weighted by molar-refractivity contribution is 0.149. The largest absolute Gasteiger partial charge is 0.467 e. The minimum atomic E-state index is -0.938. The van der Waals surface area contributed by atoms with Crippen molar-refractivity contribution in [3.8, 4) is 5.69 Å². The number of amides is 2. The third-order valence-corrected chi connectivity index (χ3v) is 3.51. The number of anilines is 1. The van der Waals surface area contributed by atoms with Crippen LogP contribution < -0.4 is 10.6 Å². The Kier molecular flexibility index (Phi) is 4.80. The van der Waals surface area contributed by atoms with E-state index in [1.165, 1.54) is 23.1 Å². The summed E-state index contributed by atoms with van der Waals surface area (Å²) in [5, 5.41) is 19.2. The lowest BCUT2D eigenvalue weighted by Crippen LogP contribution is -2.32. The number of nitrogens with zero attached hydrogens (tertiary/aromatic N) is 2. The van der Waals surface area contributed by atoms with Crippen LogP contribution in [0.4, 0.5) is 15.0 Å². The molecule has 7 nitrogen and oxygen atoms in total. The van der Waals surface area contributed by atoms with Gasteiger partial charge in [-0.25, -0.2) is 13.9 Å². The van der Waals surface area contributed by atoms with E-state index in [1.54, 1.807) is 37.3 Å². The zero-order valence-electron chi connectivity index (χ0n) is 13.4. The fraction of sp³-hybridized carbons (Fsp3) is 0.176. The SMILES string of the molecule is Cc1cc(NC(=O)NCC(O)c2ccco2)nn1-c1cccc(F)c1. The summed E-state index contributed by atoms with van der Waals surface area (Å²) in [6.45, 7) is 1.78. The number of aliphatic hydroxyl groups excluding tert-OH is 1. The van der Waals surface area contributed by atoms with Crippen molar-refractivity contribution in [3.05, 3.63) is 66.0 Å². The van der Waals surface area contributed by atoms with Gasteiger partial charge in [0.1, 0.15) is 17.7 Å². The monoisotopic (exact) mass is 344 g/mol. The van der Waals surface area contributed by atoms with Crippen LogP contribution in [0.3, 0.4) is 0 Å². The summed E-state index contributed by atoms with van der Waals surface area (Å²) in [6, 6.07) is 10.4. The van der Waals surface area contributed by atoms with E-state index in [0.717, 1.165) is 5.69 Å². The smallest absolute Gasteiger partial charge is 0.320 e. The van der Waals surface area contributed by atoms with Gasteiger partial charge in [-0.3, -0.25) is 5.32 Å². The summed E-state index contributed by atoms with van der Waals surface area (Å²) in [4.78, 5) is 11.9. The average Bonchev–Trinajstić information content (AvgIpc) is 3.22. The molecular formula is C17H17FN4O3. The van der Waals surface area contributed by atoms with Gasteiger partial charge in [-0.05, 0) is 37.3 Å². The molecule has 130 valence electrons. The maximum atomic E-state index is 13.3. The van der Waals surface area contributed by atoms with E-state index >= 15 is 0 Å². The summed E-state index contributed by atoms with van der Waals surface area (Å²) in [7, 11) is 0. The molecule has 25 heavy (non-hydrogen) atoms. The van der Waals surface area contributed by atoms with Crippen molar-refractivity contribution in [2.75, 3.05) is 11.9 Å². The number of carbonyl (C=O) groups excluding carboxylic acids is 1. The number of aromatic nitrogens is 2. The number of carbonyl (C=O) groups is 1. The molecule has 0 aliphatic heterocycles. The van der Waals surface area contributed by atoms with Crippen molar-refractivity contribution >= 4 is 11.8 Å². The number of hydrogen-bond donors (Lipinski definition) is 3. The molecule has 0 fully saturated rings. The van der Waals surface area contributed by atoms with Crippen molar-refractivity contribution in [2.24, 2.45) is 0 Å². The van der Waals surface area contributed by atoms with Gasteiger partial charge < -0.3 is 14.8 Å². The number of nitrogens with one attached hydrogen (secondary N) is 2. The Labute approximate surface area is 143 Å². The first-order valence-electron chi connectivity index (χ1n) is 7.62. The van der Waals surface area contributed by atoms with Crippen LogP contribution in [0.25, 0.3) is 5.69 Å². The number of rotatable bonds is 5. The van der Waals surface area contributed by atoms with Gasteiger partial charge >= 0.3 is 6.03 Å². The molecule has 1 aromatic carbocycles.